The van der Waals surface area contributed by atoms with Gasteiger partial charge in [-0.3, -0.25) is 4.68 Å². The van der Waals surface area contributed by atoms with Gasteiger partial charge in [0.05, 0.1) is 11.7 Å². The van der Waals surface area contributed by atoms with Crippen LogP contribution in [0.2, 0.25) is 0 Å². The van der Waals surface area contributed by atoms with Gasteiger partial charge in [-0.05, 0) is 18.2 Å². The van der Waals surface area contributed by atoms with Crippen molar-refractivity contribution < 1.29 is 0 Å². The number of aryl methyl sites for hydroxylation is 1. The summed E-state index contributed by atoms with van der Waals surface area (Å²) in [6.45, 7) is 3.04. The second-order valence-corrected chi connectivity index (χ2v) is 3.82. The van der Waals surface area contributed by atoms with E-state index in [1.54, 1.807) is 0 Å². The fraction of sp³-hybridized carbons (Fsp3) is 0.308. The first-order chi connectivity index (χ1) is 7.81. The van der Waals surface area contributed by atoms with E-state index < -0.39 is 0 Å². The van der Waals surface area contributed by atoms with Crippen molar-refractivity contribution >= 4 is 0 Å². The molecule has 1 aromatic heterocycles. The Morgan fingerprint density at radius 3 is 2.56 bits per heavy atom. The van der Waals surface area contributed by atoms with Gasteiger partial charge in [0.15, 0.2) is 0 Å². The molecule has 1 N–H and O–H groups in total. The van der Waals surface area contributed by atoms with Gasteiger partial charge in [-0.2, -0.15) is 5.10 Å². The van der Waals surface area contributed by atoms with Crippen molar-refractivity contribution in [3.63, 3.8) is 0 Å². The molecule has 2 aromatic rings. The molecule has 84 valence electrons. The van der Waals surface area contributed by atoms with E-state index >= 15 is 0 Å². The summed E-state index contributed by atoms with van der Waals surface area (Å²) in [5.41, 5.74) is 2.32. The molecule has 16 heavy (non-hydrogen) atoms. The van der Waals surface area contributed by atoms with Gasteiger partial charge in [-0.1, -0.05) is 37.3 Å². The maximum atomic E-state index is 4.46. The number of nitrogens with one attached hydrogen (secondary N) is 1. The van der Waals surface area contributed by atoms with E-state index in [1.807, 2.05) is 24.0 Å². The molecule has 3 nitrogen and oxygen atoms in total. The first-order valence-electron chi connectivity index (χ1n) is 5.59. The molecule has 1 aromatic carbocycles. The zero-order valence-corrected chi connectivity index (χ0v) is 9.72. The number of benzene rings is 1. The van der Waals surface area contributed by atoms with Crippen molar-refractivity contribution in [2.45, 2.75) is 13.0 Å². The lowest BCUT2D eigenvalue weighted by atomic mass is 10.0. The number of aromatic nitrogens is 2. The Labute approximate surface area is 96.1 Å². The van der Waals surface area contributed by atoms with Gasteiger partial charge in [-0.15, -0.1) is 0 Å². The van der Waals surface area contributed by atoms with E-state index in [4.69, 9.17) is 0 Å². The fourth-order valence-corrected chi connectivity index (χ4v) is 1.83. The molecule has 0 radical (unpaired) electrons. The average Bonchev–Trinajstić information content (AvgIpc) is 2.74. The zero-order valence-electron chi connectivity index (χ0n) is 9.72. The zero-order chi connectivity index (χ0) is 11.4. The molecule has 0 bridgehead atoms. The van der Waals surface area contributed by atoms with Crippen LogP contribution in [0.1, 0.15) is 24.2 Å². The molecule has 3 heteroatoms. The molecule has 1 heterocycles. The summed E-state index contributed by atoms with van der Waals surface area (Å²) >= 11 is 0. The molecule has 0 amide bonds. The largest absolute Gasteiger partial charge is 0.305 e. The van der Waals surface area contributed by atoms with Crippen molar-refractivity contribution in [3.05, 3.63) is 53.9 Å². The number of rotatable bonds is 4. The number of nitrogens with zero attached hydrogens (tertiary/aromatic N) is 2. The van der Waals surface area contributed by atoms with Crippen LogP contribution < -0.4 is 5.32 Å². The van der Waals surface area contributed by atoms with Gasteiger partial charge >= 0.3 is 0 Å². The van der Waals surface area contributed by atoms with Crippen molar-refractivity contribution in [2.24, 2.45) is 7.05 Å². The molecule has 0 saturated carbocycles. The van der Waals surface area contributed by atoms with Crippen LogP contribution in [0.5, 0.6) is 0 Å². The summed E-state index contributed by atoms with van der Waals surface area (Å²) in [6, 6.07) is 12.6. The van der Waals surface area contributed by atoms with Crippen LogP contribution in [-0.4, -0.2) is 16.3 Å². The van der Waals surface area contributed by atoms with E-state index in [9.17, 15) is 0 Å². The minimum absolute atomic E-state index is 0.187. The van der Waals surface area contributed by atoms with Gasteiger partial charge in [0.1, 0.15) is 0 Å². The topological polar surface area (TPSA) is 29.9 Å². The van der Waals surface area contributed by atoms with Crippen LogP contribution >= 0.6 is 0 Å². The monoisotopic (exact) mass is 215 g/mol. The van der Waals surface area contributed by atoms with Crippen LogP contribution in [0.3, 0.4) is 0 Å². The Morgan fingerprint density at radius 2 is 2.00 bits per heavy atom. The van der Waals surface area contributed by atoms with Crippen LogP contribution in [0.15, 0.2) is 42.6 Å². The van der Waals surface area contributed by atoms with Crippen LogP contribution in [0.4, 0.5) is 0 Å². The third-order valence-electron chi connectivity index (χ3n) is 2.57. The average molecular weight is 215 g/mol. The summed E-state index contributed by atoms with van der Waals surface area (Å²) in [4.78, 5) is 0. The summed E-state index contributed by atoms with van der Waals surface area (Å²) in [5.74, 6) is 0. The summed E-state index contributed by atoms with van der Waals surface area (Å²) < 4.78 is 1.84. The van der Waals surface area contributed by atoms with Gasteiger partial charge in [0.25, 0.3) is 0 Å². The Kier molecular flexibility index (Phi) is 3.37. The normalized spacial score (nSPS) is 12.6. The highest BCUT2D eigenvalue weighted by Crippen LogP contribution is 2.19. The maximum Gasteiger partial charge on any atom is 0.0839 e. The van der Waals surface area contributed by atoms with Crippen molar-refractivity contribution in [3.8, 4) is 0 Å². The second kappa shape index (κ2) is 4.94. The van der Waals surface area contributed by atoms with Crippen molar-refractivity contribution in [1.29, 1.82) is 0 Å². The smallest absolute Gasteiger partial charge is 0.0839 e. The molecule has 0 aliphatic carbocycles. The Balaban J connectivity index is 2.31. The summed E-state index contributed by atoms with van der Waals surface area (Å²) in [6.07, 6.45) is 1.97. The first kappa shape index (κ1) is 10.9. The first-order valence-corrected chi connectivity index (χ1v) is 5.59. The predicted molar refractivity (Wildman–Crippen MR) is 65.2 cm³/mol. The van der Waals surface area contributed by atoms with Gasteiger partial charge in [0, 0.05) is 13.2 Å². The molecule has 0 spiro atoms. The lowest BCUT2D eigenvalue weighted by Crippen LogP contribution is -2.22. The number of hydrogen-bond acceptors (Lipinski definition) is 2. The minimum atomic E-state index is 0.187. The quantitative estimate of drug-likeness (QED) is 0.846. The van der Waals surface area contributed by atoms with E-state index in [-0.39, 0.29) is 6.04 Å². The predicted octanol–water partition coefficient (Wildman–Crippen LogP) is 2.12. The fourth-order valence-electron chi connectivity index (χ4n) is 1.83. The van der Waals surface area contributed by atoms with E-state index in [2.05, 4.69) is 47.7 Å². The highest BCUT2D eigenvalue weighted by molar-refractivity contribution is 5.26. The molecular formula is C13H17N3. The third kappa shape index (κ3) is 2.31. The minimum Gasteiger partial charge on any atom is -0.305 e. The van der Waals surface area contributed by atoms with E-state index in [0.29, 0.717) is 0 Å². The summed E-state index contributed by atoms with van der Waals surface area (Å²) in [7, 11) is 1.94. The van der Waals surface area contributed by atoms with Crippen LogP contribution in [-0.2, 0) is 7.05 Å². The number of hydrogen-bond donors (Lipinski definition) is 1. The molecule has 2 rings (SSSR count). The van der Waals surface area contributed by atoms with Crippen LogP contribution in [0.25, 0.3) is 0 Å². The highest BCUT2D eigenvalue weighted by Gasteiger charge is 2.14. The van der Waals surface area contributed by atoms with Crippen LogP contribution in [0, 0.1) is 0 Å². The second-order valence-electron chi connectivity index (χ2n) is 3.82. The van der Waals surface area contributed by atoms with E-state index in [1.165, 1.54) is 5.56 Å². The van der Waals surface area contributed by atoms with E-state index in [0.717, 1.165) is 12.2 Å². The SMILES string of the molecule is CCNC(c1ccccc1)c1ccn(C)n1. The van der Waals surface area contributed by atoms with Gasteiger partial charge in [0.2, 0.25) is 0 Å². The highest BCUT2D eigenvalue weighted by atomic mass is 15.3. The van der Waals surface area contributed by atoms with Gasteiger partial charge < -0.3 is 5.32 Å². The molecule has 0 aliphatic heterocycles. The van der Waals surface area contributed by atoms with Crippen molar-refractivity contribution in [1.82, 2.24) is 15.1 Å². The van der Waals surface area contributed by atoms with Gasteiger partial charge in [-0.25, -0.2) is 0 Å². The summed E-state index contributed by atoms with van der Waals surface area (Å²) in [5, 5.41) is 7.91. The lowest BCUT2D eigenvalue weighted by Gasteiger charge is -2.15. The molecule has 0 fully saturated rings. The Bertz CT molecular complexity index is 433. The Morgan fingerprint density at radius 1 is 1.25 bits per heavy atom. The molecule has 1 atom stereocenters. The molecular weight excluding hydrogens is 198 g/mol. The molecule has 0 aliphatic rings. The molecule has 1 unspecified atom stereocenters. The maximum absolute atomic E-state index is 4.46. The molecule has 0 saturated heterocycles. The lowest BCUT2D eigenvalue weighted by molar-refractivity contribution is 0.600. The Hall–Kier alpha value is -1.61. The standard InChI is InChI=1S/C13H17N3/c1-3-14-13(11-7-5-4-6-8-11)12-9-10-16(2)15-12/h4-10,13-14H,3H2,1-2H3. The third-order valence-corrected chi connectivity index (χ3v) is 2.57. The van der Waals surface area contributed by atoms with Crippen molar-refractivity contribution in [2.75, 3.05) is 6.54 Å².